The summed E-state index contributed by atoms with van der Waals surface area (Å²) in [5.74, 6) is -1.52. The van der Waals surface area contributed by atoms with E-state index < -0.39 is 17.7 Å². The lowest BCUT2D eigenvalue weighted by atomic mass is 10.2. The van der Waals surface area contributed by atoms with E-state index in [1.807, 2.05) is 0 Å². The molecule has 15 heteroatoms. The van der Waals surface area contributed by atoms with Gasteiger partial charge in [0, 0.05) is 56.6 Å². The Morgan fingerprint density at radius 2 is 1.78 bits per heavy atom. The molecule has 2 aromatic rings. The number of piperazine rings is 1. The number of pyridine rings is 1. The average Bonchev–Trinajstić information content (AvgIpc) is 3.34. The van der Waals surface area contributed by atoms with Gasteiger partial charge in [-0.05, 0) is 26.2 Å². The summed E-state index contributed by atoms with van der Waals surface area (Å²) >= 11 is 5.44. The normalized spacial score (nSPS) is 16.1. The summed E-state index contributed by atoms with van der Waals surface area (Å²) in [4.78, 5) is 51.1. The SMILES string of the molecule is CNCC(=O)N1CCN(c2c(F)cc(N3CC(CNC)OC3=O)cc2F)CC1.COC=O.O=Cc1ccc(Cl)nc1. The first-order chi connectivity index (χ1) is 19.7. The van der Waals surface area contributed by atoms with Crippen LogP contribution in [0, 0.1) is 11.6 Å². The van der Waals surface area contributed by atoms with E-state index in [1.165, 1.54) is 18.2 Å². The lowest BCUT2D eigenvalue weighted by Crippen LogP contribution is -2.51. The zero-order chi connectivity index (χ0) is 30.4. The third-order valence-electron chi connectivity index (χ3n) is 5.88. The molecule has 3 heterocycles. The first-order valence-electron chi connectivity index (χ1n) is 12.5. The third-order valence-corrected chi connectivity index (χ3v) is 6.10. The van der Waals surface area contributed by atoms with E-state index in [0.29, 0.717) is 49.9 Å². The topological polar surface area (TPSA) is 133 Å². The van der Waals surface area contributed by atoms with Gasteiger partial charge in [-0.3, -0.25) is 19.3 Å². The molecule has 2 N–H and O–H groups in total. The number of nitrogens with zero attached hydrogens (tertiary/aromatic N) is 4. The van der Waals surface area contributed by atoms with Crippen molar-refractivity contribution in [1.82, 2.24) is 20.5 Å². The predicted molar refractivity (Wildman–Crippen MR) is 148 cm³/mol. The number of likely N-dealkylation sites (N-methyl/N-ethyl adjacent to an activating group) is 2. The maximum absolute atomic E-state index is 14.7. The molecule has 2 amide bonds. The summed E-state index contributed by atoms with van der Waals surface area (Å²) < 4.78 is 38.5. The van der Waals surface area contributed by atoms with Crippen LogP contribution in [0.1, 0.15) is 10.4 Å². The van der Waals surface area contributed by atoms with Gasteiger partial charge in [-0.2, -0.15) is 0 Å². The molecule has 2 saturated heterocycles. The molecule has 0 aliphatic carbocycles. The maximum Gasteiger partial charge on any atom is 0.414 e. The Morgan fingerprint density at radius 1 is 1.15 bits per heavy atom. The lowest BCUT2D eigenvalue weighted by molar-refractivity contribution is -0.130. The smallest absolute Gasteiger partial charge is 0.414 e. The lowest BCUT2D eigenvalue weighted by Gasteiger charge is -2.36. The van der Waals surface area contributed by atoms with Crippen LogP contribution in [-0.2, 0) is 19.1 Å². The summed E-state index contributed by atoms with van der Waals surface area (Å²) in [5.41, 5.74) is 0.536. The molecule has 1 aromatic carbocycles. The molecule has 0 saturated carbocycles. The Kier molecular flexibility index (Phi) is 13.9. The molecular formula is C26H33ClF2N6O6. The molecule has 1 unspecified atom stereocenters. The third kappa shape index (κ3) is 9.92. The van der Waals surface area contributed by atoms with E-state index in [2.05, 4.69) is 20.4 Å². The minimum Gasteiger partial charge on any atom is -0.471 e. The van der Waals surface area contributed by atoms with Crippen molar-refractivity contribution in [2.45, 2.75) is 6.10 Å². The number of halogens is 3. The van der Waals surface area contributed by atoms with Crippen LogP contribution in [-0.4, -0.2) is 108 Å². The van der Waals surface area contributed by atoms with Gasteiger partial charge in [0.25, 0.3) is 6.47 Å². The molecule has 2 aliphatic heterocycles. The van der Waals surface area contributed by atoms with Gasteiger partial charge in [0.15, 0.2) is 17.9 Å². The number of benzene rings is 1. The van der Waals surface area contributed by atoms with Gasteiger partial charge in [0.2, 0.25) is 5.91 Å². The summed E-state index contributed by atoms with van der Waals surface area (Å²) in [7, 11) is 4.74. The standard InChI is InChI=1S/C18H25F2N5O3.C6H4ClNO.C2H4O2/c1-21-9-13-11-25(18(27)28-13)12-7-14(19)17(15(20)8-12)24-5-3-23(4-6-24)16(26)10-22-2;7-6-2-1-5(4-9)3-8-6;1-4-2-3/h7-8,13,21-22H,3-6,9-11H2,1-2H3;1-4H;2H,1H3. The number of ether oxygens (including phenoxy) is 2. The fourth-order valence-electron chi connectivity index (χ4n) is 3.98. The van der Waals surface area contributed by atoms with Crippen molar-refractivity contribution in [3.8, 4) is 0 Å². The van der Waals surface area contributed by atoms with Crippen LogP contribution in [0.3, 0.4) is 0 Å². The molecule has 0 radical (unpaired) electrons. The largest absolute Gasteiger partial charge is 0.471 e. The number of cyclic esters (lactones) is 1. The van der Waals surface area contributed by atoms with Gasteiger partial charge in [-0.25, -0.2) is 18.6 Å². The predicted octanol–water partition coefficient (Wildman–Crippen LogP) is 1.71. The fourth-order valence-corrected chi connectivity index (χ4v) is 4.09. The number of carbonyl (C=O) groups is 4. The van der Waals surface area contributed by atoms with E-state index in [4.69, 9.17) is 21.1 Å². The number of hydrogen-bond acceptors (Lipinski definition) is 10. The van der Waals surface area contributed by atoms with Crippen LogP contribution in [0.4, 0.5) is 25.0 Å². The van der Waals surface area contributed by atoms with Gasteiger partial charge in [-0.15, -0.1) is 0 Å². The minimum absolute atomic E-state index is 0.0397. The second-order valence-electron chi connectivity index (χ2n) is 8.69. The van der Waals surface area contributed by atoms with Crippen LogP contribution < -0.4 is 20.4 Å². The molecule has 2 fully saturated rings. The molecule has 41 heavy (non-hydrogen) atoms. The minimum atomic E-state index is -0.741. The molecule has 4 rings (SSSR count). The second-order valence-corrected chi connectivity index (χ2v) is 9.08. The highest BCUT2D eigenvalue weighted by atomic mass is 35.5. The molecule has 12 nitrogen and oxygen atoms in total. The fraction of sp³-hybridized carbons (Fsp3) is 0.423. The molecule has 1 aromatic heterocycles. The van der Waals surface area contributed by atoms with Crippen LogP contribution in [0.15, 0.2) is 30.5 Å². The Labute approximate surface area is 241 Å². The van der Waals surface area contributed by atoms with E-state index in [9.17, 15) is 23.2 Å². The molecule has 0 spiro atoms. The quantitative estimate of drug-likeness (QED) is 0.342. The highest BCUT2D eigenvalue weighted by Crippen LogP contribution is 2.31. The van der Waals surface area contributed by atoms with Crippen molar-refractivity contribution in [2.24, 2.45) is 0 Å². The Hall–Kier alpha value is -3.88. The van der Waals surface area contributed by atoms with E-state index in [1.54, 1.807) is 36.0 Å². The Balaban J connectivity index is 0.000000374. The van der Waals surface area contributed by atoms with Crippen molar-refractivity contribution in [2.75, 3.05) is 76.8 Å². The highest BCUT2D eigenvalue weighted by molar-refractivity contribution is 6.29. The number of carbonyl (C=O) groups excluding carboxylic acids is 4. The van der Waals surface area contributed by atoms with Gasteiger partial charge >= 0.3 is 6.09 Å². The molecule has 2 aliphatic rings. The van der Waals surface area contributed by atoms with Crippen molar-refractivity contribution < 1.29 is 37.4 Å². The Bertz CT molecular complexity index is 1140. The van der Waals surface area contributed by atoms with Crippen LogP contribution in [0.25, 0.3) is 0 Å². The summed E-state index contributed by atoms with van der Waals surface area (Å²) in [6, 6.07) is 5.49. The average molecular weight is 599 g/mol. The molecule has 224 valence electrons. The zero-order valence-electron chi connectivity index (χ0n) is 22.9. The monoisotopic (exact) mass is 598 g/mol. The molecule has 1 atom stereocenters. The van der Waals surface area contributed by atoms with Crippen LogP contribution in [0.2, 0.25) is 5.15 Å². The summed E-state index contributed by atoms with van der Waals surface area (Å²) in [6.45, 7) is 2.75. The highest BCUT2D eigenvalue weighted by Gasteiger charge is 2.33. The van der Waals surface area contributed by atoms with Gasteiger partial charge < -0.3 is 29.9 Å². The molecular weight excluding hydrogens is 566 g/mol. The number of aldehydes is 1. The number of methoxy groups -OCH3 is 1. The van der Waals surface area contributed by atoms with Gasteiger partial charge in [-0.1, -0.05) is 11.6 Å². The number of aromatic nitrogens is 1. The zero-order valence-corrected chi connectivity index (χ0v) is 23.7. The first-order valence-corrected chi connectivity index (χ1v) is 12.9. The summed E-state index contributed by atoms with van der Waals surface area (Å²) in [6.07, 6.45) is 1.16. The van der Waals surface area contributed by atoms with E-state index in [0.717, 1.165) is 18.4 Å². The van der Waals surface area contributed by atoms with Crippen molar-refractivity contribution in [1.29, 1.82) is 0 Å². The Morgan fingerprint density at radius 3 is 2.27 bits per heavy atom. The number of hydrogen-bond donors (Lipinski definition) is 2. The van der Waals surface area contributed by atoms with Gasteiger partial charge in [0.1, 0.15) is 16.9 Å². The van der Waals surface area contributed by atoms with Crippen molar-refractivity contribution >= 4 is 47.7 Å². The first kappa shape index (κ1) is 33.3. The molecule has 0 bridgehead atoms. The van der Waals surface area contributed by atoms with E-state index in [-0.39, 0.29) is 36.5 Å². The van der Waals surface area contributed by atoms with Crippen molar-refractivity contribution in [3.05, 3.63) is 52.8 Å². The van der Waals surface area contributed by atoms with Crippen LogP contribution >= 0.6 is 11.6 Å². The van der Waals surface area contributed by atoms with Crippen molar-refractivity contribution in [3.63, 3.8) is 0 Å². The summed E-state index contributed by atoms with van der Waals surface area (Å²) in [5, 5.41) is 6.11. The number of rotatable bonds is 8. The van der Waals surface area contributed by atoms with Crippen LogP contribution in [0.5, 0.6) is 0 Å². The number of anilines is 2. The second kappa shape index (κ2) is 17.0. The number of amides is 2. The van der Waals surface area contributed by atoms with E-state index >= 15 is 0 Å². The van der Waals surface area contributed by atoms with Gasteiger partial charge in [0.05, 0.1) is 25.9 Å². The number of nitrogens with one attached hydrogen (secondary N) is 2. The maximum atomic E-state index is 14.7.